The molecule has 0 aliphatic heterocycles. The predicted molar refractivity (Wildman–Crippen MR) is 82.2 cm³/mol. The van der Waals surface area contributed by atoms with Crippen molar-refractivity contribution in [1.82, 2.24) is 4.57 Å². The minimum Gasteiger partial charge on any atom is -0.342 e. The number of aryl methyl sites for hydroxylation is 1. The van der Waals surface area contributed by atoms with Crippen molar-refractivity contribution < 1.29 is 4.79 Å². The lowest BCUT2D eigenvalue weighted by Crippen LogP contribution is -1.99. The molecule has 0 aliphatic carbocycles. The molecule has 1 aromatic heterocycles. The van der Waals surface area contributed by atoms with Gasteiger partial charge in [0.2, 0.25) is 0 Å². The number of carbonyl (C=O) groups is 1. The normalized spacial score (nSPS) is 10.8. The van der Waals surface area contributed by atoms with Crippen LogP contribution in [-0.2, 0) is 13.0 Å². The zero-order valence-electron chi connectivity index (χ0n) is 11.5. The predicted octanol–water partition coefficient (Wildman–Crippen LogP) is 4.06. The monoisotopic (exact) mass is 263 g/mol. The Hall–Kier alpha value is -2.35. The third-order valence-corrected chi connectivity index (χ3v) is 3.72. The van der Waals surface area contributed by atoms with E-state index in [1.165, 1.54) is 16.6 Å². The molecule has 0 N–H and O–H groups in total. The molecule has 0 fully saturated rings. The van der Waals surface area contributed by atoms with E-state index in [0.717, 1.165) is 30.2 Å². The molecule has 2 nitrogen and oxygen atoms in total. The lowest BCUT2D eigenvalue weighted by Gasteiger charge is -2.08. The molecule has 0 radical (unpaired) electrons. The first-order valence-corrected chi connectivity index (χ1v) is 6.93. The van der Waals surface area contributed by atoms with E-state index in [1.807, 2.05) is 36.5 Å². The van der Waals surface area contributed by atoms with Crippen LogP contribution in [0.25, 0.3) is 10.9 Å². The molecule has 0 spiro atoms. The van der Waals surface area contributed by atoms with E-state index >= 15 is 0 Å². The van der Waals surface area contributed by atoms with Gasteiger partial charge < -0.3 is 4.57 Å². The minimum absolute atomic E-state index is 0.770. The molecule has 20 heavy (non-hydrogen) atoms. The summed E-state index contributed by atoms with van der Waals surface area (Å²) in [6, 6.07) is 16.5. The smallest absolute Gasteiger partial charge is 0.152 e. The fourth-order valence-electron chi connectivity index (χ4n) is 2.75. The first-order chi connectivity index (χ1) is 9.83. The molecule has 0 amide bonds. The molecular weight excluding hydrogens is 246 g/mol. The first-order valence-electron chi connectivity index (χ1n) is 6.93. The van der Waals surface area contributed by atoms with Crippen LogP contribution in [0.2, 0.25) is 0 Å². The topological polar surface area (TPSA) is 22.0 Å². The van der Waals surface area contributed by atoms with Crippen LogP contribution in [0.15, 0.2) is 54.7 Å². The van der Waals surface area contributed by atoms with Crippen LogP contribution in [0, 0.1) is 0 Å². The maximum Gasteiger partial charge on any atom is 0.152 e. The summed E-state index contributed by atoms with van der Waals surface area (Å²) in [6.45, 7) is 2.94. The van der Waals surface area contributed by atoms with Gasteiger partial charge in [0.25, 0.3) is 0 Å². The Morgan fingerprint density at radius 2 is 1.85 bits per heavy atom. The van der Waals surface area contributed by atoms with Crippen LogP contribution in [0.5, 0.6) is 0 Å². The van der Waals surface area contributed by atoms with Gasteiger partial charge in [0.05, 0.1) is 5.52 Å². The Labute approximate surface area is 118 Å². The number of aromatic nitrogens is 1. The van der Waals surface area contributed by atoms with Crippen molar-refractivity contribution in [2.24, 2.45) is 0 Å². The molecular formula is C18H17NO. The molecule has 1 heterocycles. The summed E-state index contributed by atoms with van der Waals surface area (Å²) >= 11 is 0. The number of hydrogen-bond acceptors (Lipinski definition) is 1. The van der Waals surface area contributed by atoms with E-state index in [1.54, 1.807) is 0 Å². The van der Waals surface area contributed by atoms with E-state index in [9.17, 15) is 4.79 Å². The Bertz CT molecular complexity index is 741. The van der Waals surface area contributed by atoms with Gasteiger partial charge in [-0.2, -0.15) is 0 Å². The fraction of sp³-hybridized carbons (Fsp3) is 0.167. The number of hydrogen-bond donors (Lipinski definition) is 0. The highest BCUT2D eigenvalue weighted by molar-refractivity contribution is 5.99. The SMILES string of the molecule is CCc1cccc2c(C=O)cn(Cc3ccccc3)c12. The zero-order chi connectivity index (χ0) is 13.9. The average molecular weight is 263 g/mol. The summed E-state index contributed by atoms with van der Waals surface area (Å²) in [7, 11) is 0. The minimum atomic E-state index is 0.770. The highest BCUT2D eigenvalue weighted by Gasteiger charge is 2.11. The van der Waals surface area contributed by atoms with E-state index in [0.29, 0.717) is 0 Å². The highest BCUT2D eigenvalue weighted by Crippen LogP contribution is 2.25. The van der Waals surface area contributed by atoms with Gasteiger partial charge in [-0.05, 0) is 17.5 Å². The molecule has 2 heteroatoms. The Kier molecular flexibility index (Phi) is 3.38. The van der Waals surface area contributed by atoms with Crippen LogP contribution in [-0.4, -0.2) is 10.9 Å². The first kappa shape index (κ1) is 12.7. The van der Waals surface area contributed by atoms with Crippen molar-refractivity contribution in [3.05, 3.63) is 71.4 Å². The molecule has 0 saturated heterocycles. The van der Waals surface area contributed by atoms with Crippen LogP contribution in [0.1, 0.15) is 28.4 Å². The molecule has 3 aromatic rings. The van der Waals surface area contributed by atoms with Gasteiger partial charge in [-0.25, -0.2) is 0 Å². The number of aldehydes is 1. The van der Waals surface area contributed by atoms with Crippen molar-refractivity contribution in [3.8, 4) is 0 Å². The highest BCUT2D eigenvalue weighted by atomic mass is 16.1. The average Bonchev–Trinajstić information content (AvgIpc) is 2.86. The van der Waals surface area contributed by atoms with Crippen molar-refractivity contribution in [1.29, 1.82) is 0 Å². The van der Waals surface area contributed by atoms with Crippen molar-refractivity contribution in [2.75, 3.05) is 0 Å². The fourth-order valence-corrected chi connectivity index (χ4v) is 2.75. The number of fused-ring (bicyclic) bond motifs is 1. The van der Waals surface area contributed by atoms with Crippen molar-refractivity contribution >= 4 is 17.2 Å². The van der Waals surface area contributed by atoms with Crippen LogP contribution >= 0.6 is 0 Å². The maximum absolute atomic E-state index is 11.3. The zero-order valence-corrected chi connectivity index (χ0v) is 11.5. The summed E-state index contributed by atoms with van der Waals surface area (Å²) in [6.07, 6.45) is 3.88. The third kappa shape index (κ3) is 2.14. The quantitative estimate of drug-likeness (QED) is 0.650. The van der Waals surface area contributed by atoms with E-state index < -0.39 is 0 Å². The van der Waals surface area contributed by atoms with Crippen LogP contribution < -0.4 is 0 Å². The molecule has 100 valence electrons. The number of para-hydroxylation sites is 1. The second kappa shape index (κ2) is 5.33. The summed E-state index contributed by atoms with van der Waals surface area (Å²) < 4.78 is 2.19. The van der Waals surface area contributed by atoms with E-state index in [2.05, 4.69) is 29.7 Å². The Morgan fingerprint density at radius 1 is 1.05 bits per heavy atom. The number of benzene rings is 2. The number of nitrogens with zero attached hydrogens (tertiary/aromatic N) is 1. The standard InChI is InChI=1S/C18H17NO/c1-2-15-9-6-10-17-16(13-20)12-19(18(15)17)11-14-7-4-3-5-8-14/h3-10,12-13H,2,11H2,1H3. The molecule has 0 unspecified atom stereocenters. The number of carbonyl (C=O) groups excluding carboxylic acids is 1. The van der Waals surface area contributed by atoms with Gasteiger partial charge in [-0.15, -0.1) is 0 Å². The largest absolute Gasteiger partial charge is 0.342 e. The number of rotatable bonds is 4. The molecule has 0 saturated carbocycles. The van der Waals surface area contributed by atoms with Gasteiger partial charge in [0, 0.05) is 23.7 Å². The maximum atomic E-state index is 11.3. The summed E-state index contributed by atoms with van der Waals surface area (Å²) in [5.41, 5.74) is 4.48. The van der Waals surface area contributed by atoms with Gasteiger partial charge >= 0.3 is 0 Å². The molecule has 0 bridgehead atoms. The summed E-state index contributed by atoms with van der Waals surface area (Å²) in [5.74, 6) is 0. The molecule has 3 rings (SSSR count). The second-order valence-electron chi connectivity index (χ2n) is 4.98. The van der Waals surface area contributed by atoms with Gasteiger partial charge in [-0.3, -0.25) is 4.79 Å². The van der Waals surface area contributed by atoms with E-state index in [4.69, 9.17) is 0 Å². The lowest BCUT2D eigenvalue weighted by molar-refractivity contribution is 0.112. The summed E-state index contributed by atoms with van der Waals surface area (Å²) in [4.78, 5) is 11.3. The molecule has 2 aromatic carbocycles. The Morgan fingerprint density at radius 3 is 2.55 bits per heavy atom. The molecule has 0 aliphatic rings. The molecule has 0 atom stereocenters. The van der Waals surface area contributed by atoms with Gasteiger partial charge in [-0.1, -0.05) is 55.5 Å². The lowest BCUT2D eigenvalue weighted by atomic mass is 10.1. The van der Waals surface area contributed by atoms with Crippen molar-refractivity contribution in [3.63, 3.8) is 0 Å². The Balaban J connectivity index is 2.17. The van der Waals surface area contributed by atoms with Crippen molar-refractivity contribution in [2.45, 2.75) is 19.9 Å². The van der Waals surface area contributed by atoms with Crippen LogP contribution in [0.3, 0.4) is 0 Å². The third-order valence-electron chi connectivity index (χ3n) is 3.72. The summed E-state index contributed by atoms with van der Waals surface area (Å²) in [5, 5.41) is 1.05. The second-order valence-corrected chi connectivity index (χ2v) is 4.98. The van der Waals surface area contributed by atoms with E-state index in [-0.39, 0.29) is 0 Å². The van der Waals surface area contributed by atoms with Crippen LogP contribution in [0.4, 0.5) is 0 Å². The van der Waals surface area contributed by atoms with Gasteiger partial charge in [0.1, 0.15) is 0 Å². The van der Waals surface area contributed by atoms with Gasteiger partial charge in [0.15, 0.2) is 6.29 Å².